The molecule has 1 aliphatic rings. The second-order valence-electron chi connectivity index (χ2n) is 11.7. The number of rotatable bonds is 11. The summed E-state index contributed by atoms with van der Waals surface area (Å²) in [6.07, 6.45) is 1.88. The van der Waals surface area contributed by atoms with Crippen LogP contribution in [0.2, 0.25) is 0 Å². The average Bonchev–Trinajstić information content (AvgIpc) is 3.43. The maximum atomic E-state index is 13.6. The highest BCUT2D eigenvalue weighted by atomic mass is 32.1. The summed E-state index contributed by atoms with van der Waals surface area (Å²) in [6.45, 7) is 6.73. The quantitative estimate of drug-likeness (QED) is 0.211. The van der Waals surface area contributed by atoms with E-state index in [-0.39, 0.29) is 24.8 Å². The van der Waals surface area contributed by atoms with E-state index in [1.807, 2.05) is 54.6 Å². The Morgan fingerprint density at radius 1 is 1.05 bits per heavy atom. The smallest absolute Gasteiger partial charge is 0.410 e. The largest absolute Gasteiger partial charge is 0.445 e. The number of Topliss-reactive ketones (excluding diaryl/α,β-unsaturated/α-hetero) is 1. The van der Waals surface area contributed by atoms with E-state index in [1.165, 1.54) is 11.3 Å². The topological polar surface area (TPSA) is 127 Å². The molecule has 3 amide bonds. The van der Waals surface area contributed by atoms with Gasteiger partial charge in [0, 0.05) is 19.6 Å². The van der Waals surface area contributed by atoms with Crippen LogP contribution >= 0.6 is 11.3 Å². The number of nitrogens with one attached hydrogen (secondary N) is 2. The van der Waals surface area contributed by atoms with Gasteiger partial charge < -0.3 is 25.0 Å². The molecule has 2 aromatic carbocycles. The summed E-state index contributed by atoms with van der Waals surface area (Å²) in [5.41, 5.74) is 1.00. The second kappa shape index (κ2) is 15.0. The molecule has 230 valence electrons. The number of aromatic nitrogens is 1. The van der Waals surface area contributed by atoms with Crippen LogP contribution in [0.5, 0.6) is 0 Å². The minimum absolute atomic E-state index is 0.184. The number of carbonyl (C=O) groups is 4. The Hall–Kier alpha value is -3.99. The molecule has 0 bridgehead atoms. The minimum Gasteiger partial charge on any atom is -0.445 e. The Morgan fingerprint density at radius 3 is 2.53 bits per heavy atom. The molecule has 0 radical (unpaired) electrons. The molecule has 2 atom stereocenters. The number of para-hydroxylation sites is 1. The van der Waals surface area contributed by atoms with E-state index in [1.54, 1.807) is 25.7 Å². The van der Waals surface area contributed by atoms with Crippen molar-refractivity contribution in [3.8, 4) is 0 Å². The molecule has 1 aromatic heterocycles. The summed E-state index contributed by atoms with van der Waals surface area (Å²) >= 11 is 1.30. The lowest BCUT2D eigenvalue weighted by Crippen LogP contribution is -2.50. The highest BCUT2D eigenvalue weighted by molar-refractivity contribution is 7.20. The van der Waals surface area contributed by atoms with Crippen LogP contribution in [-0.2, 0) is 20.9 Å². The number of hydrogen-bond acceptors (Lipinski definition) is 8. The maximum absolute atomic E-state index is 13.6. The first-order valence-electron chi connectivity index (χ1n) is 14.7. The van der Waals surface area contributed by atoms with Crippen LogP contribution in [0, 0.1) is 5.92 Å². The lowest BCUT2D eigenvalue weighted by atomic mass is 9.96. The van der Waals surface area contributed by atoms with E-state index in [2.05, 4.69) is 15.6 Å². The number of piperidine rings is 1. The first kappa shape index (κ1) is 31.9. The van der Waals surface area contributed by atoms with E-state index >= 15 is 0 Å². The number of carbonyl (C=O) groups excluding carboxylic acids is 4. The molecule has 1 aliphatic heterocycles. The molecule has 0 saturated carbocycles. The van der Waals surface area contributed by atoms with Gasteiger partial charge >= 0.3 is 12.2 Å². The number of ether oxygens (including phenoxy) is 2. The normalized spacial score (nSPS) is 15.9. The molecular formula is C32H40N4O6S. The van der Waals surface area contributed by atoms with Gasteiger partial charge in [0.25, 0.3) is 0 Å². The van der Waals surface area contributed by atoms with E-state index < -0.39 is 29.7 Å². The van der Waals surface area contributed by atoms with Gasteiger partial charge in [-0.05, 0) is 70.6 Å². The summed E-state index contributed by atoms with van der Waals surface area (Å²) in [7, 11) is 0. The van der Waals surface area contributed by atoms with Crippen LogP contribution in [0.25, 0.3) is 10.2 Å². The Bertz CT molecular complexity index is 1370. The van der Waals surface area contributed by atoms with Crippen molar-refractivity contribution in [2.24, 2.45) is 5.92 Å². The molecule has 10 nitrogen and oxygen atoms in total. The first-order chi connectivity index (χ1) is 20.6. The van der Waals surface area contributed by atoms with Gasteiger partial charge in [0.1, 0.15) is 12.2 Å². The van der Waals surface area contributed by atoms with E-state index in [9.17, 15) is 19.2 Å². The van der Waals surface area contributed by atoms with Crippen molar-refractivity contribution in [3.05, 3.63) is 65.2 Å². The fraction of sp³-hybridized carbons (Fsp3) is 0.469. The fourth-order valence-electron chi connectivity index (χ4n) is 4.81. The average molecular weight is 609 g/mol. The number of ketones is 1. The third kappa shape index (κ3) is 9.77. The van der Waals surface area contributed by atoms with Gasteiger partial charge in [-0.3, -0.25) is 9.59 Å². The van der Waals surface area contributed by atoms with Crippen LogP contribution in [0.1, 0.15) is 68.2 Å². The molecule has 4 rings (SSSR count). The van der Waals surface area contributed by atoms with Crippen LogP contribution in [0.4, 0.5) is 9.59 Å². The van der Waals surface area contributed by atoms with Gasteiger partial charge in [0.2, 0.25) is 11.7 Å². The number of nitrogens with zero attached hydrogens (tertiary/aromatic N) is 2. The zero-order chi connectivity index (χ0) is 30.8. The van der Waals surface area contributed by atoms with Crippen LogP contribution in [0.3, 0.4) is 0 Å². The number of likely N-dealkylation sites (tertiary alicyclic amines) is 1. The number of amides is 3. The fourth-order valence-corrected chi connectivity index (χ4v) is 5.77. The van der Waals surface area contributed by atoms with Gasteiger partial charge in [-0.25, -0.2) is 14.6 Å². The Balaban J connectivity index is 1.33. The number of benzene rings is 2. The summed E-state index contributed by atoms with van der Waals surface area (Å²) in [4.78, 5) is 57.8. The number of alkyl carbamates (subject to hydrolysis) is 1. The van der Waals surface area contributed by atoms with Crippen molar-refractivity contribution in [3.63, 3.8) is 0 Å². The molecule has 0 aliphatic carbocycles. The molecular weight excluding hydrogens is 568 g/mol. The molecule has 2 heterocycles. The molecule has 3 aromatic rings. The lowest BCUT2D eigenvalue weighted by Gasteiger charge is -2.34. The number of hydrogen-bond donors (Lipinski definition) is 2. The molecule has 0 spiro atoms. The summed E-state index contributed by atoms with van der Waals surface area (Å²) in [5.74, 6) is -0.965. The summed E-state index contributed by atoms with van der Waals surface area (Å²) in [6, 6.07) is 16.2. The van der Waals surface area contributed by atoms with E-state index in [0.29, 0.717) is 50.2 Å². The highest BCUT2D eigenvalue weighted by Gasteiger charge is 2.33. The number of fused-ring (bicyclic) bond motifs is 1. The van der Waals surface area contributed by atoms with Crippen LogP contribution in [-0.4, -0.2) is 65.0 Å². The molecule has 1 unspecified atom stereocenters. The zero-order valence-electron chi connectivity index (χ0n) is 25.0. The van der Waals surface area contributed by atoms with Crippen molar-refractivity contribution in [1.82, 2.24) is 20.5 Å². The SMILES string of the molecule is CC(C)(C)OC(=O)N1CCC[C@@H](C(=O)NC(CCCCNC(=O)OCc2ccccc2)C(=O)c2nc3ccccc3s2)C1. The predicted molar refractivity (Wildman–Crippen MR) is 165 cm³/mol. The Labute approximate surface area is 256 Å². The summed E-state index contributed by atoms with van der Waals surface area (Å²) in [5, 5.41) is 6.04. The number of thiazole rings is 1. The van der Waals surface area contributed by atoms with Crippen molar-refractivity contribution in [2.45, 2.75) is 71.1 Å². The van der Waals surface area contributed by atoms with E-state index in [4.69, 9.17) is 9.47 Å². The van der Waals surface area contributed by atoms with Gasteiger partial charge in [-0.1, -0.05) is 42.5 Å². The van der Waals surface area contributed by atoms with Gasteiger partial charge in [0.15, 0.2) is 5.01 Å². The van der Waals surface area contributed by atoms with Crippen molar-refractivity contribution in [2.75, 3.05) is 19.6 Å². The zero-order valence-corrected chi connectivity index (χ0v) is 25.8. The van der Waals surface area contributed by atoms with E-state index in [0.717, 1.165) is 15.8 Å². The third-order valence-corrected chi connectivity index (χ3v) is 8.03. The number of unbranched alkanes of at least 4 members (excludes halogenated alkanes) is 1. The standard InChI is InChI=1S/C32H40N4O6S/c1-32(2,3)42-31(40)36-19-11-14-23(20-36)28(38)34-25(27(37)29-35-24-15-7-8-17-26(24)43-29)16-9-10-18-33-30(39)41-21-22-12-5-4-6-13-22/h4-8,12-13,15,17,23,25H,9-11,14,16,18-21H2,1-3H3,(H,33,39)(H,34,38)/t23-,25?/m1/s1. The first-order valence-corrected chi connectivity index (χ1v) is 15.5. The summed E-state index contributed by atoms with van der Waals surface area (Å²) < 4.78 is 11.6. The second-order valence-corrected chi connectivity index (χ2v) is 12.7. The van der Waals surface area contributed by atoms with Gasteiger partial charge in [0.05, 0.1) is 22.2 Å². The minimum atomic E-state index is -0.782. The third-order valence-electron chi connectivity index (χ3n) is 6.98. The van der Waals surface area contributed by atoms with Crippen LogP contribution in [0.15, 0.2) is 54.6 Å². The Morgan fingerprint density at radius 2 is 1.79 bits per heavy atom. The molecule has 43 heavy (non-hydrogen) atoms. The molecule has 11 heteroatoms. The molecule has 1 fully saturated rings. The van der Waals surface area contributed by atoms with Crippen molar-refractivity contribution in [1.29, 1.82) is 0 Å². The van der Waals surface area contributed by atoms with Gasteiger partial charge in [-0.2, -0.15) is 0 Å². The monoisotopic (exact) mass is 608 g/mol. The molecule has 1 saturated heterocycles. The molecule has 2 N–H and O–H groups in total. The maximum Gasteiger partial charge on any atom is 0.410 e. The van der Waals surface area contributed by atoms with Crippen molar-refractivity contribution < 1.29 is 28.7 Å². The van der Waals surface area contributed by atoms with Crippen molar-refractivity contribution >= 4 is 45.4 Å². The van der Waals surface area contributed by atoms with Crippen LogP contribution < -0.4 is 10.6 Å². The predicted octanol–water partition coefficient (Wildman–Crippen LogP) is 5.71. The Kier molecular flexibility index (Phi) is 11.1. The van der Waals surface area contributed by atoms with Gasteiger partial charge in [-0.15, -0.1) is 11.3 Å². The highest BCUT2D eigenvalue weighted by Crippen LogP contribution is 2.24. The lowest BCUT2D eigenvalue weighted by molar-refractivity contribution is -0.127.